The lowest BCUT2D eigenvalue weighted by Crippen LogP contribution is -2.38. The largest absolute Gasteiger partial charge is 0.484 e. The Morgan fingerprint density at radius 1 is 1.31 bits per heavy atom. The van der Waals surface area contributed by atoms with E-state index in [0.717, 1.165) is 0 Å². The Labute approximate surface area is 147 Å². The van der Waals surface area contributed by atoms with Crippen molar-refractivity contribution in [2.24, 2.45) is 0 Å². The van der Waals surface area contributed by atoms with E-state index in [2.05, 4.69) is 6.58 Å². The number of rotatable bonds is 7. The van der Waals surface area contributed by atoms with Crippen LogP contribution >= 0.6 is 0 Å². The summed E-state index contributed by atoms with van der Waals surface area (Å²) in [6, 6.07) is 11.2. The second-order valence-electron chi connectivity index (χ2n) is 5.25. The van der Waals surface area contributed by atoms with Gasteiger partial charge in [-0.15, -0.1) is 6.58 Å². The second kappa shape index (κ2) is 8.25. The van der Waals surface area contributed by atoms with E-state index < -0.39 is 18.6 Å². The van der Waals surface area contributed by atoms with Crippen LogP contribution in [0.5, 0.6) is 5.75 Å². The standard InChI is InChI=1S/C18H15F3N2O3/c1-2-9-23(12-18(19,20)21)17(24)16-8-7-14(26-16)11-25-15-6-4-3-5-13(15)10-22/h2-8H,1,9,11-12H2. The van der Waals surface area contributed by atoms with Crippen molar-refractivity contribution in [1.82, 2.24) is 4.90 Å². The van der Waals surface area contributed by atoms with Gasteiger partial charge in [0.15, 0.2) is 5.76 Å². The van der Waals surface area contributed by atoms with Gasteiger partial charge in [0, 0.05) is 6.54 Å². The molecule has 1 aromatic carbocycles. The third-order valence-corrected chi connectivity index (χ3v) is 3.26. The van der Waals surface area contributed by atoms with Crippen LogP contribution in [-0.2, 0) is 6.61 Å². The van der Waals surface area contributed by atoms with Crippen LogP contribution in [0.4, 0.5) is 13.2 Å². The number of nitrogens with zero attached hydrogens (tertiary/aromatic N) is 2. The number of para-hydroxylation sites is 1. The summed E-state index contributed by atoms with van der Waals surface area (Å²) >= 11 is 0. The van der Waals surface area contributed by atoms with Gasteiger partial charge in [0.1, 0.15) is 30.7 Å². The normalized spacial score (nSPS) is 10.8. The Hall–Kier alpha value is -3.21. The van der Waals surface area contributed by atoms with Crippen molar-refractivity contribution in [3.63, 3.8) is 0 Å². The molecule has 0 aliphatic rings. The smallest absolute Gasteiger partial charge is 0.406 e. The summed E-state index contributed by atoms with van der Waals surface area (Å²) in [5.41, 5.74) is 0.331. The first-order chi connectivity index (χ1) is 12.3. The number of amides is 1. The van der Waals surface area contributed by atoms with Crippen LogP contribution in [0.25, 0.3) is 0 Å². The number of benzene rings is 1. The van der Waals surface area contributed by atoms with Gasteiger partial charge in [0.25, 0.3) is 5.91 Å². The average molecular weight is 364 g/mol. The fourth-order valence-electron chi connectivity index (χ4n) is 2.15. The fourth-order valence-corrected chi connectivity index (χ4v) is 2.15. The summed E-state index contributed by atoms with van der Waals surface area (Å²) in [4.78, 5) is 12.8. The molecule has 0 bridgehead atoms. The molecule has 0 fully saturated rings. The number of nitriles is 1. The molecular formula is C18H15F3N2O3. The lowest BCUT2D eigenvalue weighted by molar-refractivity contribution is -0.139. The van der Waals surface area contributed by atoms with Gasteiger partial charge < -0.3 is 14.1 Å². The first kappa shape index (κ1) is 19.1. The number of halogens is 3. The minimum atomic E-state index is -4.53. The van der Waals surface area contributed by atoms with Crippen LogP contribution in [-0.4, -0.2) is 30.1 Å². The molecule has 0 unspecified atom stereocenters. The molecule has 0 aliphatic carbocycles. The first-order valence-electron chi connectivity index (χ1n) is 7.51. The highest BCUT2D eigenvalue weighted by Gasteiger charge is 2.33. The van der Waals surface area contributed by atoms with Gasteiger partial charge >= 0.3 is 6.18 Å². The lowest BCUT2D eigenvalue weighted by Gasteiger charge is -2.21. The van der Waals surface area contributed by atoms with Gasteiger partial charge in [0.2, 0.25) is 0 Å². The van der Waals surface area contributed by atoms with Gasteiger partial charge in [-0.25, -0.2) is 0 Å². The summed E-state index contributed by atoms with van der Waals surface area (Å²) in [5.74, 6) is -0.551. The van der Waals surface area contributed by atoms with E-state index in [4.69, 9.17) is 14.4 Å². The molecule has 0 saturated carbocycles. The number of furan rings is 1. The maximum absolute atomic E-state index is 12.6. The topological polar surface area (TPSA) is 66.5 Å². The fraction of sp³-hybridized carbons (Fsp3) is 0.222. The minimum absolute atomic E-state index is 0.0767. The summed E-state index contributed by atoms with van der Waals surface area (Å²) in [7, 11) is 0. The van der Waals surface area contributed by atoms with E-state index in [1.807, 2.05) is 6.07 Å². The van der Waals surface area contributed by atoms with E-state index >= 15 is 0 Å². The zero-order valence-electron chi connectivity index (χ0n) is 13.6. The van der Waals surface area contributed by atoms with Crippen molar-refractivity contribution >= 4 is 5.91 Å². The van der Waals surface area contributed by atoms with Crippen LogP contribution < -0.4 is 4.74 Å². The van der Waals surface area contributed by atoms with Gasteiger partial charge in [-0.3, -0.25) is 4.79 Å². The maximum atomic E-state index is 12.6. The Bertz CT molecular complexity index is 822. The zero-order chi connectivity index (χ0) is 19.2. The van der Waals surface area contributed by atoms with E-state index in [1.165, 1.54) is 18.2 Å². The molecule has 1 aromatic heterocycles. The molecule has 2 rings (SSSR count). The SMILES string of the molecule is C=CCN(CC(F)(F)F)C(=O)c1ccc(COc2ccccc2C#N)o1. The molecule has 26 heavy (non-hydrogen) atoms. The molecule has 0 radical (unpaired) electrons. The summed E-state index contributed by atoms with van der Waals surface area (Å²) in [5, 5.41) is 8.99. The Morgan fingerprint density at radius 2 is 2.04 bits per heavy atom. The van der Waals surface area contributed by atoms with Crippen molar-refractivity contribution in [2.45, 2.75) is 12.8 Å². The Morgan fingerprint density at radius 3 is 2.69 bits per heavy atom. The number of carbonyl (C=O) groups excluding carboxylic acids is 1. The molecule has 1 amide bonds. The van der Waals surface area contributed by atoms with Crippen molar-refractivity contribution in [3.8, 4) is 11.8 Å². The highest BCUT2D eigenvalue weighted by Crippen LogP contribution is 2.21. The van der Waals surface area contributed by atoms with Gasteiger partial charge in [-0.1, -0.05) is 18.2 Å². The van der Waals surface area contributed by atoms with Gasteiger partial charge in [-0.2, -0.15) is 18.4 Å². The maximum Gasteiger partial charge on any atom is 0.406 e. The molecule has 0 saturated heterocycles. The third-order valence-electron chi connectivity index (χ3n) is 3.26. The number of carbonyl (C=O) groups is 1. The van der Waals surface area contributed by atoms with Crippen molar-refractivity contribution in [3.05, 3.63) is 66.1 Å². The number of hydrogen-bond acceptors (Lipinski definition) is 4. The minimum Gasteiger partial charge on any atom is -0.484 e. The van der Waals surface area contributed by atoms with Crippen LogP contribution in [0.2, 0.25) is 0 Å². The monoisotopic (exact) mass is 364 g/mol. The quantitative estimate of drug-likeness (QED) is 0.699. The number of alkyl halides is 3. The van der Waals surface area contributed by atoms with Gasteiger partial charge in [-0.05, 0) is 24.3 Å². The third kappa shape index (κ3) is 5.14. The first-order valence-corrected chi connectivity index (χ1v) is 7.51. The highest BCUT2D eigenvalue weighted by atomic mass is 19.4. The van der Waals surface area contributed by atoms with Crippen LogP contribution in [0.3, 0.4) is 0 Å². The lowest BCUT2D eigenvalue weighted by atomic mass is 10.2. The van der Waals surface area contributed by atoms with E-state index in [0.29, 0.717) is 16.2 Å². The summed E-state index contributed by atoms with van der Waals surface area (Å²) < 4.78 is 48.5. The molecule has 0 atom stereocenters. The second-order valence-corrected chi connectivity index (χ2v) is 5.25. The van der Waals surface area contributed by atoms with Crippen molar-refractivity contribution in [2.75, 3.05) is 13.1 Å². The molecule has 5 nitrogen and oxygen atoms in total. The molecule has 0 aliphatic heterocycles. The molecule has 8 heteroatoms. The van der Waals surface area contributed by atoms with Crippen LogP contribution in [0.15, 0.2) is 53.5 Å². The molecule has 0 spiro atoms. The average Bonchev–Trinajstić information content (AvgIpc) is 3.07. The van der Waals surface area contributed by atoms with Gasteiger partial charge in [0.05, 0.1) is 5.56 Å². The highest BCUT2D eigenvalue weighted by molar-refractivity contribution is 5.91. The molecule has 0 N–H and O–H groups in total. The molecular weight excluding hydrogens is 349 g/mol. The summed E-state index contributed by atoms with van der Waals surface area (Å²) in [6.45, 7) is 1.61. The van der Waals surface area contributed by atoms with E-state index in [1.54, 1.807) is 24.3 Å². The predicted molar refractivity (Wildman–Crippen MR) is 86.4 cm³/mol. The van der Waals surface area contributed by atoms with Crippen LogP contribution in [0.1, 0.15) is 21.9 Å². The molecule has 2 aromatic rings. The van der Waals surface area contributed by atoms with Crippen molar-refractivity contribution in [1.29, 1.82) is 5.26 Å². The number of ether oxygens (including phenoxy) is 1. The van der Waals surface area contributed by atoms with Crippen molar-refractivity contribution < 1.29 is 27.1 Å². The molecule has 1 heterocycles. The Balaban J connectivity index is 2.07. The zero-order valence-corrected chi connectivity index (χ0v) is 13.6. The Kier molecular flexibility index (Phi) is 6.07. The molecule has 136 valence electrons. The number of hydrogen-bond donors (Lipinski definition) is 0. The summed E-state index contributed by atoms with van der Waals surface area (Å²) in [6.07, 6.45) is -3.33. The van der Waals surface area contributed by atoms with E-state index in [-0.39, 0.29) is 24.7 Å². The van der Waals surface area contributed by atoms with E-state index in [9.17, 15) is 18.0 Å². The van der Waals surface area contributed by atoms with Crippen LogP contribution in [0, 0.1) is 11.3 Å². The predicted octanol–water partition coefficient (Wildman–Crippen LogP) is 3.92.